The number of hydrogen-bond acceptors (Lipinski definition) is 9. The number of thiazole rings is 1. The van der Waals surface area contributed by atoms with Gasteiger partial charge >= 0.3 is 0 Å². The van der Waals surface area contributed by atoms with Crippen LogP contribution < -0.4 is 10.9 Å². The van der Waals surface area contributed by atoms with E-state index < -0.39 is 21.7 Å². The Morgan fingerprint density at radius 2 is 1.97 bits per heavy atom. The first-order chi connectivity index (χ1) is 17.5. The lowest BCUT2D eigenvalue weighted by Crippen LogP contribution is -2.42. The maximum atomic E-state index is 13.2. The second kappa shape index (κ2) is 9.47. The molecule has 2 atom stereocenters. The van der Waals surface area contributed by atoms with Crippen LogP contribution in [0, 0.1) is 26.2 Å². The molecule has 0 radical (unpaired) electrons. The van der Waals surface area contributed by atoms with Crippen molar-refractivity contribution in [1.82, 2.24) is 23.8 Å². The Kier molecular flexibility index (Phi) is 6.60. The molecule has 0 amide bonds. The van der Waals surface area contributed by atoms with Crippen molar-refractivity contribution in [3.05, 3.63) is 38.9 Å². The molecular weight excluding hydrogens is 512 g/mol. The van der Waals surface area contributed by atoms with Crippen molar-refractivity contribution in [1.29, 1.82) is 0 Å². The van der Waals surface area contributed by atoms with Crippen LogP contribution in [0.2, 0.25) is 0 Å². The zero-order valence-electron chi connectivity index (χ0n) is 21.1. The molecule has 2 fully saturated rings. The highest BCUT2D eigenvalue weighted by molar-refractivity contribution is 7.91. The number of terminal acetylenes is 1. The number of piperidine rings is 1. The van der Waals surface area contributed by atoms with E-state index in [-0.39, 0.29) is 17.2 Å². The van der Waals surface area contributed by atoms with E-state index in [1.807, 2.05) is 0 Å². The van der Waals surface area contributed by atoms with E-state index in [0.717, 1.165) is 11.4 Å². The predicted molar refractivity (Wildman–Crippen MR) is 142 cm³/mol. The Morgan fingerprint density at radius 1 is 1.24 bits per heavy atom. The summed E-state index contributed by atoms with van der Waals surface area (Å²) >= 11 is 1.20. The first-order valence-electron chi connectivity index (χ1n) is 12.3. The van der Waals surface area contributed by atoms with Crippen molar-refractivity contribution in [3.63, 3.8) is 0 Å². The Morgan fingerprint density at radius 3 is 2.57 bits per heavy atom. The molecule has 1 saturated heterocycles. The first kappa shape index (κ1) is 25.8. The lowest BCUT2D eigenvalue weighted by molar-refractivity contribution is 0.0266. The van der Waals surface area contributed by atoms with Crippen LogP contribution in [0.3, 0.4) is 0 Å². The summed E-state index contributed by atoms with van der Waals surface area (Å²) in [7, 11) is -3.58. The van der Waals surface area contributed by atoms with E-state index in [0.29, 0.717) is 65.7 Å². The van der Waals surface area contributed by atoms with Crippen molar-refractivity contribution >= 4 is 38.3 Å². The fourth-order valence-electron chi connectivity index (χ4n) is 5.41. The van der Waals surface area contributed by atoms with Gasteiger partial charge in [-0.1, -0.05) is 5.92 Å². The number of pyridine rings is 1. The summed E-state index contributed by atoms with van der Waals surface area (Å²) in [5.41, 5.74) is -0.230. The van der Waals surface area contributed by atoms with Crippen molar-refractivity contribution in [2.75, 3.05) is 18.4 Å². The highest BCUT2D eigenvalue weighted by Crippen LogP contribution is 2.39. The second-order valence-corrected chi connectivity index (χ2v) is 13.4. The average Bonchev–Trinajstić information content (AvgIpc) is 3.39. The highest BCUT2D eigenvalue weighted by Gasteiger charge is 2.40. The van der Waals surface area contributed by atoms with Gasteiger partial charge in [0.05, 0.1) is 27.9 Å². The third-order valence-electron chi connectivity index (χ3n) is 7.34. The van der Waals surface area contributed by atoms with Crippen molar-refractivity contribution in [2.45, 2.75) is 74.8 Å². The zero-order valence-corrected chi connectivity index (χ0v) is 22.7. The molecule has 3 aromatic heterocycles. The summed E-state index contributed by atoms with van der Waals surface area (Å²) in [5, 5.41) is 15.6. The standard InChI is InChI=1S/C25H30N6O4S2/c1-5-17-13-18-14-26-24(29-21(18)31(22(17)32)20-7-6-10-25(20,4)33)28-19-8-11-30(12-9-19)37(34,35)23-15(2)27-16(3)36-23/h1,13-14,19-20,33H,6-12H2,2-4H3,(H,26,28,29)/t20-,25-/m1/s1. The van der Waals surface area contributed by atoms with Gasteiger partial charge in [0.1, 0.15) is 5.65 Å². The number of aryl methyl sites for hydroxylation is 2. The molecule has 1 saturated carbocycles. The predicted octanol–water partition coefficient (Wildman–Crippen LogP) is 2.59. The van der Waals surface area contributed by atoms with E-state index in [9.17, 15) is 18.3 Å². The number of sulfonamides is 1. The smallest absolute Gasteiger partial charge is 0.268 e. The Bertz CT molecular complexity index is 1560. The van der Waals surface area contributed by atoms with Gasteiger partial charge in [0.25, 0.3) is 15.6 Å². The quantitative estimate of drug-likeness (QED) is 0.471. The third-order valence-corrected chi connectivity index (χ3v) is 10.9. The van der Waals surface area contributed by atoms with Gasteiger partial charge in [-0.3, -0.25) is 9.36 Å². The second-order valence-electron chi connectivity index (χ2n) is 10.0. The van der Waals surface area contributed by atoms with Gasteiger partial charge in [-0.2, -0.15) is 9.29 Å². The molecule has 0 aromatic carbocycles. The topological polar surface area (TPSA) is 130 Å². The number of hydrogen-bond donors (Lipinski definition) is 2. The van der Waals surface area contributed by atoms with Gasteiger partial charge in [0, 0.05) is 30.7 Å². The van der Waals surface area contributed by atoms with E-state index in [1.54, 1.807) is 33.0 Å². The summed E-state index contributed by atoms with van der Waals surface area (Å²) in [6, 6.07) is 1.13. The third kappa shape index (κ3) is 4.65. The summed E-state index contributed by atoms with van der Waals surface area (Å²) in [6.07, 6.45) is 10.4. The van der Waals surface area contributed by atoms with E-state index in [2.05, 4.69) is 26.2 Å². The molecule has 0 bridgehead atoms. The molecule has 0 unspecified atom stereocenters. The average molecular weight is 543 g/mol. The summed E-state index contributed by atoms with van der Waals surface area (Å²) in [4.78, 5) is 26.6. The normalized spacial score (nSPS) is 23.4. The minimum atomic E-state index is -3.58. The molecule has 10 nitrogen and oxygen atoms in total. The first-order valence-corrected chi connectivity index (χ1v) is 14.6. The van der Waals surface area contributed by atoms with E-state index in [1.165, 1.54) is 20.2 Å². The number of nitrogens with one attached hydrogen (secondary N) is 1. The van der Waals surface area contributed by atoms with Crippen LogP contribution in [-0.2, 0) is 10.0 Å². The Hall–Kier alpha value is -2.85. The molecule has 1 aliphatic heterocycles. The molecule has 37 heavy (non-hydrogen) atoms. The number of aliphatic hydroxyl groups is 1. The molecule has 2 N–H and O–H groups in total. The maximum Gasteiger partial charge on any atom is 0.268 e. The fourth-order valence-corrected chi connectivity index (χ4v) is 8.50. The zero-order chi connectivity index (χ0) is 26.5. The number of nitrogens with zero attached hydrogens (tertiary/aromatic N) is 5. The number of fused-ring (bicyclic) bond motifs is 1. The largest absolute Gasteiger partial charge is 0.388 e. The van der Waals surface area contributed by atoms with Gasteiger partial charge < -0.3 is 10.4 Å². The molecule has 196 valence electrons. The number of aromatic nitrogens is 4. The van der Waals surface area contributed by atoms with Crippen LogP contribution in [0.25, 0.3) is 11.0 Å². The van der Waals surface area contributed by atoms with Crippen LogP contribution in [0.1, 0.15) is 61.3 Å². The number of rotatable bonds is 5. The molecule has 0 spiro atoms. The highest BCUT2D eigenvalue weighted by atomic mass is 32.2. The molecule has 2 aliphatic rings. The van der Waals surface area contributed by atoms with Crippen LogP contribution in [0.15, 0.2) is 21.3 Å². The Labute approximate surface area is 219 Å². The summed E-state index contributed by atoms with van der Waals surface area (Å²) in [5.74, 6) is 2.80. The maximum absolute atomic E-state index is 13.2. The summed E-state index contributed by atoms with van der Waals surface area (Å²) in [6.45, 7) is 5.99. The van der Waals surface area contributed by atoms with E-state index >= 15 is 0 Å². The lowest BCUT2D eigenvalue weighted by Gasteiger charge is -2.31. The van der Waals surface area contributed by atoms with Gasteiger partial charge in [0.15, 0.2) is 4.21 Å². The van der Waals surface area contributed by atoms with Gasteiger partial charge in [-0.25, -0.2) is 18.4 Å². The molecule has 4 heterocycles. The van der Waals surface area contributed by atoms with Gasteiger partial charge in [-0.05, 0) is 58.9 Å². The summed E-state index contributed by atoms with van der Waals surface area (Å²) < 4.78 is 29.6. The van der Waals surface area contributed by atoms with Crippen molar-refractivity contribution in [2.24, 2.45) is 0 Å². The molecular formula is C25H30N6O4S2. The fraction of sp³-hybridized carbons (Fsp3) is 0.520. The number of anilines is 1. The van der Waals surface area contributed by atoms with Crippen LogP contribution >= 0.6 is 11.3 Å². The molecule has 3 aromatic rings. The molecule has 1 aliphatic carbocycles. The van der Waals surface area contributed by atoms with Gasteiger partial charge in [-0.15, -0.1) is 17.8 Å². The molecule has 5 rings (SSSR count). The van der Waals surface area contributed by atoms with Crippen LogP contribution in [-0.4, -0.2) is 62.1 Å². The van der Waals surface area contributed by atoms with Crippen molar-refractivity contribution < 1.29 is 13.5 Å². The minimum Gasteiger partial charge on any atom is -0.388 e. The minimum absolute atomic E-state index is 0.0343. The van der Waals surface area contributed by atoms with Crippen LogP contribution in [0.5, 0.6) is 0 Å². The van der Waals surface area contributed by atoms with Crippen LogP contribution in [0.4, 0.5) is 5.95 Å². The molecule has 12 heteroatoms. The van der Waals surface area contributed by atoms with Gasteiger partial charge in [0.2, 0.25) is 5.95 Å². The lowest BCUT2D eigenvalue weighted by atomic mass is 9.99. The monoisotopic (exact) mass is 542 g/mol. The SMILES string of the molecule is C#Cc1cc2cnc(NC3CCN(S(=O)(=O)c4sc(C)nc4C)CC3)nc2n([C@@H]2CCC[C@@]2(C)O)c1=O. The van der Waals surface area contributed by atoms with E-state index in [4.69, 9.17) is 6.42 Å². The Balaban J connectivity index is 1.39. The van der Waals surface area contributed by atoms with Crippen molar-refractivity contribution in [3.8, 4) is 12.3 Å².